The van der Waals surface area contributed by atoms with Crippen molar-refractivity contribution in [2.24, 2.45) is 0 Å². The average molecular weight is 304 g/mol. The van der Waals surface area contributed by atoms with Crippen molar-refractivity contribution in [3.63, 3.8) is 0 Å². The molecule has 1 aromatic rings. The second-order valence-electron chi connectivity index (χ2n) is 4.23. The zero-order valence-electron chi connectivity index (χ0n) is 11.3. The normalized spacial score (nSPS) is 18.0. The van der Waals surface area contributed by atoms with E-state index < -0.39 is 4.92 Å². The maximum Gasteiger partial charge on any atom is 0.278 e. The van der Waals surface area contributed by atoms with E-state index in [0.29, 0.717) is 23.6 Å². The third-order valence-electron chi connectivity index (χ3n) is 3.15. The zero-order chi connectivity index (χ0) is 13.8. The third kappa shape index (κ3) is 3.30. The molecule has 7 nitrogen and oxygen atoms in total. The summed E-state index contributed by atoms with van der Waals surface area (Å²) in [5.41, 5.74) is 0.647. The highest BCUT2D eigenvalue weighted by atomic mass is 35.5. The van der Waals surface area contributed by atoms with Crippen LogP contribution in [-0.4, -0.2) is 38.8 Å². The van der Waals surface area contributed by atoms with Crippen LogP contribution in [0.4, 0.5) is 5.69 Å². The molecule has 8 heteroatoms. The molecule has 0 bridgehead atoms. The van der Waals surface area contributed by atoms with Crippen LogP contribution in [0, 0.1) is 10.1 Å². The molecule has 1 atom stereocenters. The Balaban J connectivity index is 0.00000200. The summed E-state index contributed by atoms with van der Waals surface area (Å²) < 4.78 is 10.3. The van der Waals surface area contributed by atoms with Gasteiger partial charge in [0.2, 0.25) is 0 Å². The van der Waals surface area contributed by atoms with E-state index in [1.165, 1.54) is 20.3 Å². The molecule has 0 aromatic heterocycles. The van der Waals surface area contributed by atoms with Gasteiger partial charge in [-0.25, -0.2) is 0 Å². The molecule has 0 amide bonds. The lowest BCUT2D eigenvalue weighted by atomic mass is 10.0. The van der Waals surface area contributed by atoms with E-state index in [9.17, 15) is 10.1 Å². The third-order valence-corrected chi connectivity index (χ3v) is 3.15. The first kappa shape index (κ1) is 16.5. The molecule has 0 radical (unpaired) electrons. The number of benzene rings is 1. The van der Waals surface area contributed by atoms with Gasteiger partial charge < -0.3 is 20.1 Å². The summed E-state index contributed by atoms with van der Waals surface area (Å²) >= 11 is 0. The molecule has 1 aromatic carbocycles. The molecule has 112 valence electrons. The molecule has 1 heterocycles. The van der Waals surface area contributed by atoms with Crippen LogP contribution in [0.5, 0.6) is 11.5 Å². The summed E-state index contributed by atoms with van der Waals surface area (Å²) in [6.45, 7) is 2.28. The number of nitro benzene ring substituents is 1. The molecule has 0 aliphatic carbocycles. The summed E-state index contributed by atoms with van der Waals surface area (Å²) in [5.74, 6) is 0.859. The van der Waals surface area contributed by atoms with E-state index in [2.05, 4.69) is 10.6 Å². The summed E-state index contributed by atoms with van der Waals surface area (Å²) in [6, 6.07) is 2.97. The van der Waals surface area contributed by atoms with E-state index in [1.807, 2.05) is 0 Å². The van der Waals surface area contributed by atoms with Crippen molar-refractivity contribution < 1.29 is 14.4 Å². The minimum Gasteiger partial charge on any atom is -0.493 e. The van der Waals surface area contributed by atoms with Crippen LogP contribution in [0.2, 0.25) is 0 Å². The average Bonchev–Trinajstić information content (AvgIpc) is 2.46. The first-order valence-electron chi connectivity index (χ1n) is 6.01. The second kappa shape index (κ2) is 7.28. The number of rotatable bonds is 4. The first-order chi connectivity index (χ1) is 9.17. The van der Waals surface area contributed by atoms with Crippen LogP contribution < -0.4 is 20.1 Å². The van der Waals surface area contributed by atoms with Crippen LogP contribution in [0.1, 0.15) is 11.6 Å². The van der Waals surface area contributed by atoms with Crippen LogP contribution >= 0.6 is 12.4 Å². The number of piperazine rings is 1. The Morgan fingerprint density at radius 2 is 1.90 bits per heavy atom. The van der Waals surface area contributed by atoms with Crippen molar-refractivity contribution in [1.29, 1.82) is 0 Å². The molecule has 1 saturated heterocycles. The number of hydrogen-bond acceptors (Lipinski definition) is 6. The monoisotopic (exact) mass is 303 g/mol. The molecule has 20 heavy (non-hydrogen) atoms. The van der Waals surface area contributed by atoms with Gasteiger partial charge >= 0.3 is 0 Å². The predicted molar refractivity (Wildman–Crippen MR) is 77.1 cm³/mol. The van der Waals surface area contributed by atoms with Gasteiger partial charge in [-0.15, -0.1) is 12.4 Å². The second-order valence-corrected chi connectivity index (χ2v) is 4.23. The lowest BCUT2D eigenvalue weighted by molar-refractivity contribution is -0.385. The molecule has 1 fully saturated rings. The first-order valence-corrected chi connectivity index (χ1v) is 6.01. The minimum absolute atomic E-state index is 0. The molecule has 1 aliphatic rings. The highest BCUT2D eigenvalue weighted by Gasteiger charge is 2.26. The van der Waals surface area contributed by atoms with Crippen LogP contribution in [0.3, 0.4) is 0 Å². The van der Waals surface area contributed by atoms with Crippen molar-refractivity contribution in [3.05, 3.63) is 27.8 Å². The van der Waals surface area contributed by atoms with Gasteiger partial charge in [-0.05, 0) is 6.07 Å². The van der Waals surface area contributed by atoms with Crippen LogP contribution in [0.15, 0.2) is 12.1 Å². The van der Waals surface area contributed by atoms with Crippen molar-refractivity contribution >= 4 is 18.1 Å². The highest BCUT2D eigenvalue weighted by molar-refractivity contribution is 5.85. The Morgan fingerprint density at radius 3 is 2.40 bits per heavy atom. The van der Waals surface area contributed by atoms with E-state index in [0.717, 1.165) is 13.1 Å². The smallest absolute Gasteiger partial charge is 0.278 e. The Hall–Kier alpha value is -1.57. The fourth-order valence-corrected chi connectivity index (χ4v) is 2.19. The van der Waals surface area contributed by atoms with E-state index in [-0.39, 0.29) is 24.1 Å². The summed E-state index contributed by atoms with van der Waals surface area (Å²) in [5, 5.41) is 17.7. The number of hydrogen-bond donors (Lipinski definition) is 2. The molecule has 0 unspecified atom stereocenters. The van der Waals surface area contributed by atoms with E-state index >= 15 is 0 Å². The lowest BCUT2D eigenvalue weighted by Gasteiger charge is -2.25. The maximum atomic E-state index is 11.2. The van der Waals surface area contributed by atoms with Crippen molar-refractivity contribution in [1.82, 2.24) is 10.6 Å². The molecule has 2 N–H and O–H groups in total. The number of methoxy groups -OCH3 is 2. The number of halogens is 1. The molecular weight excluding hydrogens is 286 g/mol. The summed E-state index contributed by atoms with van der Waals surface area (Å²) in [4.78, 5) is 10.8. The largest absolute Gasteiger partial charge is 0.493 e. The molecule has 0 spiro atoms. The predicted octanol–water partition coefficient (Wildman–Crippen LogP) is 1.27. The molecule has 2 rings (SSSR count). The Morgan fingerprint density at radius 1 is 1.25 bits per heavy atom. The van der Waals surface area contributed by atoms with Crippen molar-refractivity contribution in [2.75, 3.05) is 33.9 Å². The molecule has 0 saturated carbocycles. The van der Waals surface area contributed by atoms with E-state index in [4.69, 9.17) is 9.47 Å². The van der Waals surface area contributed by atoms with Crippen molar-refractivity contribution in [2.45, 2.75) is 6.04 Å². The van der Waals surface area contributed by atoms with Gasteiger partial charge in [0.1, 0.15) is 0 Å². The summed E-state index contributed by atoms with van der Waals surface area (Å²) in [6.07, 6.45) is 0. The van der Waals surface area contributed by atoms with Gasteiger partial charge in [-0.2, -0.15) is 0 Å². The quantitative estimate of drug-likeness (QED) is 0.643. The Labute approximate surface area is 123 Å². The number of nitro groups is 1. The molecular formula is C12H18ClN3O4. The topological polar surface area (TPSA) is 85.7 Å². The van der Waals surface area contributed by atoms with Gasteiger partial charge in [0.15, 0.2) is 11.5 Å². The van der Waals surface area contributed by atoms with Gasteiger partial charge in [-0.1, -0.05) is 0 Å². The van der Waals surface area contributed by atoms with Gasteiger partial charge in [0.25, 0.3) is 5.69 Å². The van der Waals surface area contributed by atoms with Crippen molar-refractivity contribution in [3.8, 4) is 11.5 Å². The maximum absolute atomic E-state index is 11.2. The molecule has 1 aliphatic heterocycles. The SMILES string of the molecule is COc1cc([C@H]2CNCCN2)c([N+](=O)[O-])cc1OC.Cl. The Kier molecular flexibility index (Phi) is 6.00. The number of ether oxygens (including phenoxy) is 2. The minimum atomic E-state index is -0.395. The number of nitrogens with zero attached hydrogens (tertiary/aromatic N) is 1. The number of nitrogens with one attached hydrogen (secondary N) is 2. The zero-order valence-corrected chi connectivity index (χ0v) is 12.2. The van der Waals surface area contributed by atoms with Crippen LogP contribution in [0.25, 0.3) is 0 Å². The fraction of sp³-hybridized carbons (Fsp3) is 0.500. The van der Waals surface area contributed by atoms with Gasteiger partial charge in [0, 0.05) is 19.6 Å². The Bertz CT molecular complexity index is 478. The van der Waals surface area contributed by atoms with Gasteiger partial charge in [0.05, 0.1) is 36.8 Å². The summed E-state index contributed by atoms with van der Waals surface area (Å²) in [7, 11) is 2.97. The highest BCUT2D eigenvalue weighted by Crippen LogP contribution is 2.37. The standard InChI is InChI=1S/C12H17N3O4.ClH/c1-18-11-5-8(9-7-13-3-4-14-9)10(15(16)17)6-12(11)19-2;/h5-6,9,13-14H,3-4,7H2,1-2H3;1H/t9-;/m1./s1. The fourth-order valence-electron chi connectivity index (χ4n) is 2.19. The lowest BCUT2D eigenvalue weighted by Crippen LogP contribution is -2.42. The van der Waals surface area contributed by atoms with Gasteiger partial charge in [-0.3, -0.25) is 10.1 Å². The van der Waals surface area contributed by atoms with E-state index in [1.54, 1.807) is 6.07 Å². The van der Waals surface area contributed by atoms with Crippen LogP contribution in [-0.2, 0) is 0 Å².